The molecule has 1 nitrogen and oxygen atoms in total. The highest BCUT2D eigenvalue weighted by Crippen LogP contribution is 2.00. The molecule has 1 atom stereocenters. The second kappa shape index (κ2) is 1.97. The van der Waals surface area contributed by atoms with Gasteiger partial charge in [-0.25, -0.2) is 0 Å². The Morgan fingerprint density at radius 2 is 2.57 bits per heavy atom. The summed E-state index contributed by atoms with van der Waals surface area (Å²) >= 11 is 0. The quantitative estimate of drug-likeness (QED) is 0.443. The molecular weight excluding hydrogens is 86.1 g/mol. The highest BCUT2D eigenvalue weighted by atomic mass is 14.6. The maximum absolute atomic E-state index is 5.50. The van der Waals surface area contributed by atoms with Crippen molar-refractivity contribution in [3.8, 4) is 0 Å². The molecule has 2 N–H and O–H groups in total. The van der Waals surface area contributed by atoms with Crippen LogP contribution in [0, 0.1) is 0 Å². The highest BCUT2D eigenvalue weighted by Gasteiger charge is 1.95. The molecule has 0 aromatic carbocycles. The van der Waals surface area contributed by atoms with Gasteiger partial charge in [-0.05, 0) is 25.0 Å². The fraction of sp³-hybridized carbons (Fsp3) is 0.500. The minimum absolute atomic E-state index is 0.269. The van der Waals surface area contributed by atoms with E-state index in [1.807, 2.05) is 12.2 Å². The first-order valence-electron chi connectivity index (χ1n) is 2.56. The van der Waals surface area contributed by atoms with E-state index >= 15 is 0 Å². The zero-order valence-corrected chi connectivity index (χ0v) is 4.22. The van der Waals surface area contributed by atoms with Crippen LogP contribution < -0.4 is 5.73 Å². The molecule has 0 amide bonds. The van der Waals surface area contributed by atoms with E-state index in [-0.39, 0.29) is 6.04 Å². The van der Waals surface area contributed by atoms with Gasteiger partial charge in [0.2, 0.25) is 0 Å². The van der Waals surface area contributed by atoms with Crippen molar-refractivity contribution in [2.45, 2.75) is 18.9 Å². The van der Waals surface area contributed by atoms with Gasteiger partial charge in [-0.3, -0.25) is 0 Å². The lowest BCUT2D eigenvalue weighted by molar-refractivity contribution is 0.723. The lowest BCUT2D eigenvalue weighted by atomic mass is 10.1. The average molecular weight is 95.1 g/mol. The predicted molar refractivity (Wildman–Crippen MR) is 29.9 cm³/mol. The summed E-state index contributed by atoms with van der Waals surface area (Å²) in [6.07, 6.45) is 6.11. The summed E-state index contributed by atoms with van der Waals surface area (Å²) in [5.74, 6) is 0. The number of hydrogen-bond acceptors (Lipinski definition) is 1. The second-order valence-electron chi connectivity index (χ2n) is 1.78. The van der Waals surface area contributed by atoms with Crippen LogP contribution in [-0.4, -0.2) is 6.04 Å². The summed E-state index contributed by atoms with van der Waals surface area (Å²) in [6.45, 7) is 0. The Bertz CT molecular complexity index is 109. The van der Waals surface area contributed by atoms with Gasteiger partial charge in [0.05, 0.1) is 0 Å². The molecule has 0 aliphatic heterocycles. The van der Waals surface area contributed by atoms with Crippen LogP contribution in [0.15, 0.2) is 17.9 Å². The van der Waals surface area contributed by atoms with E-state index in [9.17, 15) is 0 Å². The Hall–Kier alpha value is -0.520. The van der Waals surface area contributed by atoms with E-state index in [1.165, 1.54) is 0 Å². The monoisotopic (exact) mass is 95.1 g/mol. The smallest absolute Gasteiger partial charge is 0.0302 e. The largest absolute Gasteiger partial charge is 0.324 e. The molecule has 0 saturated carbocycles. The van der Waals surface area contributed by atoms with Crippen molar-refractivity contribution in [1.82, 2.24) is 0 Å². The van der Waals surface area contributed by atoms with Crippen molar-refractivity contribution >= 4 is 0 Å². The first-order chi connectivity index (χ1) is 3.39. The van der Waals surface area contributed by atoms with Gasteiger partial charge in [0.15, 0.2) is 0 Å². The average Bonchev–Trinajstić information content (AvgIpc) is 1.69. The lowest BCUT2D eigenvalue weighted by Crippen LogP contribution is -2.16. The van der Waals surface area contributed by atoms with E-state index < -0.39 is 0 Å². The van der Waals surface area contributed by atoms with Crippen molar-refractivity contribution in [1.29, 1.82) is 0 Å². The first-order valence-corrected chi connectivity index (χ1v) is 2.56. The van der Waals surface area contributed by atoms with Crippen LogP contribution in [0.1, 0.15) is 12.8 Å². The third-order valence-corrected chi connectivity index (χ3v) is 1.07. The fourth-order valence-electron chi connectivity index (χ4n) is 0.634. The van der Waals surface area contributed by atoms with Crippen molar-refractivity contribution in [3.63, 3.8) is 0 Å². The molecule has 0 heterocycles. The van der Waals surface area contributed by atoms with Crippen LogP contribution >= 0.6 is 0 Å². The molecule has 1 heteroatoms. The Kier molecular flexibility index (Phi) is 1.30. The molecule has 0 saturated heterocycles. The molecule has 38 valence electrons. The summed E-state index contributed by atoms with van der Waals surface area (Å²) in [5.41, 5.74) is 8.46. The second-order valence-corrected chi connectivity index (χ2v) is 1.78. The Morgan fingerprint density at radius 3 is 2.86 bits per heavy atom. The molecule has 1 aliphatic carbocycles. The zero-order valence-electron chi connectivity index (χ0n) is 4.22. The topological polar surface area (TPSA) is 26.0 Å². The zero-order chi connectivity index (χ0) is 5.11. The molecule has 1 aliphatic rings. The lowest BCUT2D eigenvalue weighted by Gasteiger charge is -2.03. The van der Waals surface area contributed by atoms with Gasteiger partial charge in [0, 0.05) is 6.04 Å². The van der Waals surface area contributed by atoms with Crippen LogP contribution in [0.3, 0.4) is 0 Å². The molecule has 0 fully saturated rings. The summed E-state index contributed by atoms with van der Waals surface area (Å²) in [4.78, 5) is 0. The molecular formula is C6H9N. The van der Waals surface area contributed by atoms with Crippen LogP contribution in [0.4, 0.5) is 0 Å². The van der Waals surface area contributed by atoms with E-state index in [4.69, 9.17) is 5.73 Å². The Labute approximate surface area is 43.5 Å². The molecule has 1 unspecified atom stereocenters. The van der Waals surface area contributed by atoms with Gasteiger partial charge in [0.1, 0.15) is 0 Å². The maximum Gasteiger partial charge on any atom is 0.0302 e. The van der Waals surface area contributed by atoms with Crippen molar-refractivity contribution in [3.05, 3.63) is 17.9 Å². The minimum atomic E-state index is 0.269. The highest BCUT2D eigenvalue weighted by molar-refractivity contribution is 4.97. The van der Waals surface area contributed by atoms with Gasteiger partial charge in [0.25, 0.3) is 0 Å². The maximum atomic E-state index is 5.50. The van der Waals surface area contributed by atoms with Crippen molar-refractivity contribution in [2.75, 3.05) is 0 Å². The minimum Gasteiger partial charge on any atom is -0.324 e. The molecule has 7 heavy (non-hydrogen) atoms. The van der Waals surface area contributed by atoms with Gasteiger partial charge < -0.3 is 5.73 Å². The number of hydrogen-bond donors (Lipinski definition) is 1. The summed E-state index contributed by atoms with van der Waals surface area (Å²) in [6, 6.07) is 0.269. The fourth-order valence-corrected chi connectivity index (χ4v) is 0.634. The molecule has 0 spiro atoms. The predicted octanol–water partition coefficient (Wildman–Crippen LogP) is 0.819. The van der Waals surface area contributed by atoms with Gasteiger partial charge in [-0.2, -0.15) is 0 Å². The van der Waals surface area contributed by atoms with E-state index in [1.54, 1.807) is 0 Å². The number of nitrogens with two attached hydrogens (primary N) is 1. The third kappa shape index (κ3) is 1.19. The Morgan fingerprint density at radius 1 is 1.71 bits per heavy atom. The van der Waals surface area contributed by atoms with Gasteiger partial charge >= 0.3 is 0 Å². The van der Waals surface area contributed by atoms with Crippen LogP contribution in [0.25, 0.3) is 0 Å². The summed E-state index contributed by atoms with van der Waals surface area (Å²) in [5, 5.41) is 0. The van der Waals surface area contributed by atoms with E-state index in [2.05, 4.69) is 5.73 Å². The van der Waals surface area contributed by atoms with Crippen molar-refractivity contribution < 1.29 is 0 Å². The third-order valence-electron chi connectivity index (χ3n) is 1.07. The summed E-state index contributed by atoms with van der Waals surface area (Å²) < 4.78 is 0. The summed E-state index contributed by atoms with van der Waals surface area (Å²) in [7, 11) is 0. The van der Waals surface area contributed by atoms with Gasteiger partial charge in [-0.1, -0.05) is 0 Å². The molecule has 0 aromatic rings. The van der Waals surface area contributed by atoms with Crippen LogP contribution in [-0.2, 0) is 0 Å². The standard InChI is InChI=1S/C6H9N/c7-6-4-2-1-3-5-6/h1,5-6H,2,4,7H2. The van der Waals surface area contributed by atoms with Crippen LogP contribution in [0.5, 0.6) is 0 Å². The van der Waals surface area contributed by atoms with Gasteiger partial charge in [-0.15, -0.1) is 5.73 Å². The Balaban J connectivity index is 2.57. The molecule has 0 aromatic heterocycles. The van der Waals surface area contributed by atoms with Crippen molar-refractivity contribution in [2.24, 2.45) is 5.73 Å². The molecule has 1 rings (SSSR count). The normalized spacial score (nSPS) is 28.4. The molecule has 0 radical (unpaired) electrons. The van der Waals surface area contributed by atoms with Crippen LogP contribution in [0.2, 0.25) is 0 Å². The van der Waals surface area contributed by atoms with E-state index in [0.29, 0.717) is 0 Å². The SMILES string of the molecule is NC1C=C=CCC1. The molecule has 0 bridgehead atoms. The van der Waals surface area contributed by atoms with E-state index in [0.717, 1.165) is 12.8 Å². The first kappa shape index (κ1) is 4.63. The number of rotatable bonds is 0.